The van der Waals surface area contributed by atoms with Crippen LogP contribution in [0.5, 0.6) is 0 Å². The van der Waals surface area contributed by atoms with E-state index in [2.05, 4.69) is 11.9 Å². The van der Waals surface area contributed by atoms with E-state index in [1.54, 1.807) is 14.2 Å². The van der Waals surface area contributed by atoms with Crippen LogP contribution >= 0.6 is 0 Å². The summed E-state index contributed by atoms with van der Waals surface area (Å²) >= 11 is 0. The van der Waals surface area contributed by atoms with Gasteiger partial charge in [0.05, 0.1) is 5.54 Å². The van der Waals surface area contributed by atoms with Crippen molar-refractivity contribution in [1.29, 1.82) is 0 Å². The van der Waals surface area contributed by atoms with Crippen LogP contribution in [0.15, 0.2) is 0 Å². The number of hydrogen-bond donors (Lipinski definition) is 0. The number of rotatable bonds is 4. The largest absolute Gasteiger partial charge is 0.384 e. The third kappa shape index (κ3) is 2.53. The first-order chi connectivity index (χ1) is 8.61. The number of likely N-dealkylation sites (N-methyl/N-ethyl adjacent to an activating group) is 1. The fourth-order valence-electron chi connectivity index (χ4n) is 3.21. The van der Waals surface area contributed by atoms with E-state index in [0.717, 1.165) is 32.7 Å². The Balaban J connectivity index is 1.90. The number of piperidine rings is 1. The highest BCUT2D eigenvalue weighted by atomic mass is 16.5. The molecule has 2 fully saturated rings. The van der Waals surface area contributed by atoms with Gasteiger partial charge in [-0.25, -0.2) is 0 Å². The van der Waals surface area contributed by atoms with Gasteiger partial charge in [0.1, 0.15) is 6.61 Å². The van der Waals surface area contributed by atoms with Crippen molar-refractivity contribution in [3.05, 3.63) is 0 Å². The minimum absolute atomic E-state index is 0.102. The molecule has 1 unspecified atom stereocenters. The molecule has 2 rings (SSSR count). The summed E-state index contributed by atoms with van der Waals surface area (Å²) in [6, 6.07) is 0. The first kappa shape index (κ1) is 13.8. The lowest BCUT2D eigenvalue weighted by Crippen LogP contribution is -2.72. The minimum Gasteiger partial charge on any atom is -0.384 e. The molecule has 0 radical (unpaired) electrons. The van der Waals surface area contributed by atoms with Gasteiger partial charge in [0.25, 0.3) is 0 Å². The van der Waals surface area contributed by atoms with Gasteiger partial charge in [-0.2, -0.15) is 0 Å². The second-order valence-corrected chi connectivity index (χ2v) is 5.64. The number of hydrogen-bond acceptors (Lipinski definition) is 4. The molecule has 0 aromatic rings. The van der Waals surface area contributed by atoms with Gasteiger partial charge < -0.3 is 14.4 Å². The molecule has 0 aliphatic carbocycles. The lowest BCUT2D eigenvalue weighted by Gasteiger charge is -2.58. The van der Waals surface area contributed by atoms with Gasteiger partial charge in [-0.15, -0.1) is 0 Å². The summed E-state index contributed by atoms with van der Waals surface area (Å²) in [5.41, 5.74) is 0.185. The number of carbonyl (C=O) groups excluding carboxylic acids is 1. The van der Waals surface area contributed by atoms with Crippen molar-refractivity contribution in [3.63, 3.8) is 0 Å². The summed E-state index contributed by atoms with van der Waals surface area (Å²) in [4.78, 5) is 16.0. The standard InChI is InChI=1S/C13H24N2O3/c1-14-5-4-11(7-17-2)6-13(14)9-15(10-13)12(16)8-18-3/h11H,4-10H2,1-3H3. The summed E-state index contributed by atoms with van der Waals surface area (Å²) in [6.07, 6.45) is 2.33. The topological polar surface area (TPSA) is 42.0 Å². The molecule has 2 aliphatic rings. The fourth-order valence-corrected chi connectivity index (χ4v) is 3.21. The zero-order valence-electron chi connectivity index (χ0n) is 11.6. The monoisotopic (exact) mass is 256 g/mol. The van der Waals surface area contributed by atoms with E-state index in [1.165, 1.54) is 6.42 Å². The van der Waals surface area contributed by atoms with Gasteiger partial charge in [0.2, 0.25) is 5.91 Å². The van der Waals surface area contributed by atoms with Gasteiger partial charge in [0.15, 0.2) is 0 Å². The van der Waals surface area contributed by atoms with Gasteiger partial charge in [-0.05, 0) is 32.4 Å². The molecular weight excluding hydrogens is 232 g/mol. The van der Waals surface area contributed by atoms with Crippen molar-refractivity contribution in [1.82, 2.24) is 9.80 Å². The molecule has 1 atom stereocenters. The molecule has 104 valence electrons. The second kappa shape index (κ2) is 5.55. The van der Waals surface area contributed by atoms with Crippen LogP contribution < -0.4 is 0 Å². The van der Waals surface area contributed by atoms with E-state index < -0.39 is 0 Å². The first-order valence-electron chi connectivity index (χ1n) is 6.58. The molecule has 0 N–H and O–H groups in total. The van der Waals surface area contributed by atoms with Crippen molar-refractivity contribution >= 4 is 5.91 Å². The van der Waals surface area contributed by atoms with E-state index in [-0.39, 0.29) is 18.1 Å². The van der Waals surface area contributed by atoms with Crippen LogP contribution in [0, 0.1) is 5.92 Å². The molecule has 5 heteroatoms. The molecule has 0 saturated carbocycles. The smallest absolute Gasteiger partial charge is 0.248 e. The molecule has 5 nitrogen and oxygen atoms in total. The molecule has 0 bridgehead atoms. The Morgan fingerprint density at radius 3 is 2.67 bits per heavy atom. The van der Waals surface area contributed by atoms with Crippen LogP contribution in [0.4, 0.5) is 0 Å². The van der Waals surface area contributed by atoms with E-state index in [0.29, 0.717) is 5.92 Å². The van der Waals surface area contributed by atoms with Crippen molar-refractivity contribution in [3.8, 4) is 0 Å². The maximum absolute atomic E-state index is 11.7. The molecule has 2 heterocycles. The van der Waals surface area contributed by atoms with Crippen molar-refractivity contribution in [2.45, 2.75) is 18.4 Å². The van der Waals surface area contributed by atoms with Crippen LogP contribution in [-0.2, 0) is 14.3 Å². The van der Waals surface area contributed by atoms with Gasteiger partial charge in [0, 0.05) is 33.9 Å². The summed E-state index contributed by atoms with van der Waals surface area (Å²) in [5, 5.41) is 0. The highest BCUT2D eigenvalue weighted by Crippen LogP contribution is 2.38. The lowest BCUT2D eigenvalue weighted by atomic mass is 9.75. The Bertz CT molecular complexity index is 303. The molecule has 1 spiro atoms. The summed E-state index contributed by atoms with van der Waals surface area (Å²) in [7, 11) is 5.50. The summed E-state index contributed by atoms with van der Waals surface area (Å²) in [6.45, 7) is 3.81. The molecular formula is C13H24N2O3. The number of ether oxygens (including phenoxy) is 2. The number of nitrogens with zero attached hydrogens (tertiary/aromatic N) is 2. The summed E-state index contributed by atoms with van der Waals surface area (Å²) < 4.78 is 10.2. The van der Waals surface area contributed by atoms with Crippen molar-refractivity contribution in [2.75, 3.05) is 54.1 Å². The van der Waals surface area contributed by atoms with Crippen molar-refractivity contribution in [2.24, 2.45) is 5.92 Å². The highest BCUT2D eigenvalue weighted by molar-refractivity contribution is 5.78. The maximum atomic E-state index is 11.7. The normalized spacial score (nSPS) is 27.3. The minimum atomic E-state index is 0.102. The number of amides is 1. The molecule has 0 aromatic heterocycles. The molecule has 2 saturated heterocycles. The zero-order valence-corrected chi connectivity index (χ0v) is 11.6. The quantitative estimate of drug-likeness (QED) is 0.721. The fraction of sp³-hybridized carbons (Fsp3) is 0.923. The Morgan fingerprint density at radius 1 is 1.33 bits per heavy atom. The average Bonchev–Trinajstić information content (AvgIpc) is 2.29. The molecule has 1 amide bonds. The molecule has 18 heavy (non-hydrogen) atoms. The zero-order chi connectivity index (χ0) is 13.2. The Morgan fingerprint density at radius 2 is 2.06 bits per heavy atom. The van der Waals surface area contributed by atoms with E-state index in [4.69, 9.17) is 9.47 Å². The Labute approximate surface area is 109 Å². The van der Waals surface area contributed by atoms with Crippen LogP contribution in [0.25, 0.3) is 0 Å². The second-order valence-electron chi connectivity index (χ2n) is 5.64. The molecule has 0 aromatic carbocycles. The first-order valence-corrected chi connectivity index (χ1v) is 6.58. The van der Waals surface area contributed by atoms with E-state index in [9.17, 15) is 4.79 Å². The highest BCUT2D eigenvalue weighted by Gasteiger charge is 2.50. The molecule has 2 aliphatic heterocycles. The lowest BCUT2D eigenvalue weighted by molar-refractivity contribution is -0.154. The number of likely N-dealkylation sites (tertiary alicyclic amines) is 2. The van der Waals surface area contributed by atoms with Crippen molar-refractivity contribution < 1.29 is 14.3 Å². The van der Waals surface area contributed by atoms with Crippen LogP contribution in [0.1, 0.15) is 12.8 Å². The van der Waals surface area contributed by atoms with Gasteiger partial charge >= 0.3 is 0 Å². The van der Waals surface area contributed by atoms with E-state index >= 15 is 0 Å². The Kier molecular flexibility index (Phi) is 4.25. The number of carbonyl (C=O) groups is 1. The van der Waals surface area contributed by atoms with Crippen LogP contribution in [-0.4, -0.2) is 75.4 Å². The Hall–Kier alpha value is -0.650. The third-order valence-electron chi connectivity index (χ3n) is 4.34. The van der Waals surface area contributed by atoms with Gasteiger partial charge in [-0.3, -0.25) is 9.69 Å². The maximum Gasteiger partial charge on any atom is 0.248 e. The summed E-state index contributed by atoms with van der Waals surface area (Å²) in [5.74, 6) is 0.733. The predicted molar refractivity (Wildman–Crippen MR) is 68.4 cm³/mol. The third-order valence-corrected chi connectivity index (χ3v) is 4.34. The van der Waals surface area contributed by atoms with Gasteiger partial charge in [-0.1, -0.05) is 0 Å². The average molecular weight is 256 g/mol. The van der Waals surface area contributed by atoms with Crippen LogP contribution in [0.2, 0.25) is 0 Å². The predicted octanol–water partition coefficient (Wildman–Crippen LogP) is 0.202. The SMILES string of the molecule is COCC(=O)N1CC2(CC(COC)CCN2C)C1. The number of methoxy groups -OCH3 is 2. The van der Waals surface area contributed by atoms with Crippen LogP contribution in [0.3, 0.4) is 0 Å². The van der Waals surface area contributed by atoms with E-state index in [1.807, 2.05) is 4.90 Å².